The molecule has 2 aromatic carbocycles. The highest BCUT2D eigenvalue weighted by Gasteiger charge is 2.21. The van der Waals surface area contributed by atoms with Crippen molar-refractivity contribution in [3.05, 3.63) is 72.1 Å². The fourth-order valence-corrected chi connectivity index (χ4v) is 5.41. The first-order valence-electron chi connectivity index (χ1n) is 12.6. The van der Waals surface area contributed by atoms with Gasteiger partial charge in [-0.2, -0.15) is 4.98 Å². The molecule has 1 atom stereocenters. The number of hydrogen-bond acceptors (Lipinski definition) is 8. The van der Waals surface area contributed by atoms with Crippen LogP contribution in [-0.4, -0.2) is 67.0 Å². The van der Waals surface area contributed by atoms with Gasteiger partial charge in [0.05, 0.1) is 25.1 Å². The fraction of sp³-hybridized carbons (Fsp3) is 0.333. The summed E-state index contributed by atoms with van der Waals surface area (Å²) in [5.74, 6) is 0.436. The molecule has 0 aliphatic carbocycles. The van der Waals surface area contributed by atoms with Crippen molar-refractivity contribution in [1.29, 1.82) is 0 Å². The molecule has 0 saturated carbocycles. The summed E-state index contributed by atoms with van der Waals surface area (Å²) in [5, 5.41) is 17.6. The molecule has 1 saturated heterocycles. The summed E-state index contributed by atoms with van der Waals surface area (Å²) in [7, 11) is -1.84. The Bertz CT molecular complexity index is 1550. The molecule has 0 amide bonds. The average Bonchev–Trinajstić information content (AvgIpc) is 3.30. The number of sulfonamides is 1. The van der Waals surface area contributed by atoms with E-state index in [-0.39, 0.29) is 6.61 Å². The lowest BCUT2D eigenvalue weighted by Gasteiger charge is -2.37. The summed E-state index contributed by atoms with van der Waals surface area (Å²) in [5.41, 5.74) is 4.89. The molecule has 200 valence electrons. The molecule has 2 aromatic heterocycles. The van der Waals surface area contributed by atoms with Crippen LogP contribution >= 0.6 is 0 Å². The number of aliphatic hydroxyl groups excluding tert-OH is 1. The van der Waals surface area contributed by atoms with Gasteiger partial charge in [0.25, 0.3) is 0 Å². The Morgan fingerprint density at radius 2 is 2.00 bits per heavy atom. The van der Waals surface area contributed by atoms with E-state index in [0.717, 1.165) is 53.2 Å². The van der Waals surface area contributed by atoms with Gasteiger partial charge >= 0.3 is 0 Å². The van der Waals surface area contributed by atoms with Crippen LogP contribution in [0, 0.1) is 0 Å². The first-order valence-corrected chi connectivity index (χ1v) is 14.4. The van der Waals surface area contributed by atoms with Crippen LogP contribution in [0.3, 0.4) is 0 Å². The molecule has 3 N–H and O–H groups in total. The molecule has 0 bridgehead atoms. The summed E-state index contributed by atoms with van der Waals surface area (Å²) in [6.07, 6.45) is 4.88. The van der Waals surface area contributed by atoms with Gasteiger partial charge in [0.15, 0.2) is 0 Å². The van der Waals surface area contributed by atoms with Gasteiger partial charge < -0.3 is 25.2 Å². The topological polar surface area (TPSA) is 116 Å². The number of para-hydroxylation sites is 1. The minimum absolute atomic E-state index is 0.0639. The number of rotatable bonds is 8. The second-order valence-corrected chi connectivity index (χ2v) is 11.7. The number of aliphatic hydroxyl groups is 1. The summed E-state index contributed by atoms with van der Waals surface area (Å²) in [6.45, 7) is 5.27. The van der Waals surface area contributed by atoms with E-state index in [1.54, 1.807) is 19.3 Å². The first kappa shape index (κ1) is 26.0. The minimum Gasteiger partial charge on any atom is -0.392 e. The van der Waals surface area contributed by atoms with E-state index >= 15 is 0 Å². The lowest BCUT2D eigenvalue weighted by molar-refractivity contribution is 0.281. The lowest BCUT2D eigenvalue weighted by atomic mass is 10.1. The third kappa shape index (κ3) is 5.31. The monoisotopic (exact) mass is 535 g/mol. The molecule has 38 heavy (non-hydrogen) atoms. The van der Waals surface area contributed by atoms with Crippen molar-refractivity contribution in [1.82, 2.24) is 19.9 Å². The normalized spacial score (nSPS) is 16.1. The summed E-state index contributed by atoms with van der Waals surface area (Å²) in [4.78, 5) is 11.6. The summed E-state index contributed by atoms with van der Waals surface area (Å²) in [6, 6.07) is 15.7. The van der Waals surface area contributed by atoms with Gasteiger partial charge in [0.1, 0.15) is 5.65 Å². The van der Waals surface area contributed by atoms with Gasteiger partial charge in [-0.05, 0) is 42.8 Å². The molecule has 3 heterocycles. The zero-order valence-corrected chi connectivity index (χ0v) is 22.6. The van der Waals surface area contributed by atoms with Gasteiger partial charge in [-0.1, -0.05) is 18.2 Å². The molecule has 5 rings (SSSR count). The maximum absolute atomic E-state index is 12.2. The number of fused-ring (bicyclic) bond motifs is 1. The van der Waals surface area contributed by atoms with Crippen LogP contribution in [0.5, 0.6) is 0 Å². The molecule has 11 heteroatoms. The molecule has 1 aliphatic heterocycles. The van der Waals surface area contributed by atoms with Gasteiger partial charge in [0.2, 0.25) is 16.0 Å². The lowest BCUT2D eigenvalue weighted by Crippen LogP contribution is -2.50. The molecule has 1 fully saturated rings. The second-order valence-electron chi connectivity index (χ2n) is 9.65. The molecular weight excluding hydrogens is 502 g/mol. The molecule has 0 radical (unpaired) electrons. The van der Waals surface area contributed by atoms with E-state index < -0.39 is 10.0 Å². The van der Waals surface area contributed by atoms with Gasteiger partial charge in [-0.15, -0.1) is 0 Å². The summed E-state index contributed by atoms with van der Waals surface area (Å²) >= 11 is 0. The Labute approximate surface area is 223 Å². The quantitative estimate of drug-likeness (QED) is 0.316. The van der Waals surface area contributed by atoms with E-state index in [4.69, 9.17) is 4.98 Å². The van der Waals surface area contributed by atoms with Crippen molar-refractivity contribution in [3.63, 3.8) is 0 Å². The molecule has 1 aliphatic rings. The highest BCUT2D eigenvalue weighted by atomic mass is 32.2. The Morgan fingerprint density at radius 1 is 1.18 bits per heavy atom. The number of aromatic nitrogens is 3. The smallest absolute Gasteiger partial charge is 0.232 e. The highest BCUT2D eigenvalue weighted by Crippen LogP contribution is 2.29. The van der Waals surface area contributed by atoms with Gasteiger partial charge in [-0.25, -0.2) is 13.4 Å². The van der Waals surface area contributed by atoms with Crippen molar-refractivity contribution in [3.8, 4) is 0 Å². The third-order valence-electron chi connectivity index (χ3n) is 6.99. The number of nitrogens with zero attached hydrogens (tertiary/aromatic N) is 5. The zero-order chi connectivity index (χ0) is 26.9. The molecule has 4 aromatic rings. The number of anilines is 4. The molecule has 10 nitrogen and oxygen atoms in total. The average molecular weight is 536 g/mol. The number of hydrogen-bond donors (Lipinski definition) is 3. The van der Waals surface area contributed by atoms with Gasteiger partial charge in [-0.3, -0.25) is 4.31 Å². The second kappa shape index (κ2) is 10.6. The first-order chi connectivity index (χ1) is 18.2. The number of benzene rings is 2. The Balaban J connectivity index is 1.41. The molecular formula is C27H33N7O3S. The zero-order valence-electron chi connectivity index (χ0n) is 21.8. The van der Waals surface area contributed by atoms with E-state index in [9.17, 15) is 13.5 Å². The Kier molecular flexibility index (Phi) is 7.24. The van der Waals surface area contributed by atoms with E-state index in [0.29, 0.717) is 24.2 Å². The Hall–Kier alpha value is -3.67. The van der Waals surface area contributed by atoms with Crippen molar-refractivity contribution in [2.75, 3.05) is 47.5 Å². The van der Waals surface area contributed by atoms with Crippen molar-refractivity contribution in [2.45, 2.75) is 26.1 Å². The van der Waals surface area contributed by atoms with Crippen molar-refractivity contribution < 1.29 is 13.5 Å². The van der Waals surface area contributed by atoms with E-state index in [1.807, 2.05) is 53.2 Å². The largest absolute Gasteiger partial charge is 0.392 e. The minimum atomic E-state index is -3.40. The fourth-order valence-electron chi connectivity index (χ4n) is 4.87. The van der Waals surface area contributed by atoms with Crippen LogP contribution < -0.4 is 19.8 Å². The Morgan fingerprint density at radius 3 is 2.76 bits per heavy atom. The van der Waals surface area contributed by atoms with Crippen LogP contribution in [0.4, 0.5) is 23.0 Å². The van der Waals surface area contributed by atoms with Crippen LogP contribution in [0.15, 0.2) is 60.9 Å². The predicted octanol–water partition coefficient (Wildman–Crippen LogP) is 2.91. The number of nitrogens with one attached hydrogen (secondary N) is 2. The maximum atomic E-state index is 12.2. The van der Waals surface area contributed by atoms with Crippen LogP contribution in [-0.2, 0) is 23.2 Å². The maximum Gasteiger partial charge on any atom is 0.232 e. The van der Waals surface area contributed by atoms with Crippen molar-refractivity contribution in [2.24, 2.45) is 0 Å². The van der Waals surface area contributed by atoms with Crippen molar-refractivity contribution >= 4 is 44.1 Å². The van der Waals surface area contributed by atoms with Crippen LogP contribution in [0.1, 0.15) is 18.1 Å². The standard InChI is InChI=1S/C27H33N7O3S/c1-19-15-28-11-13-34(19)25-9-8-23(14-22(25)18-35)30-27-29-16-20-10-12-33(26(20)31-27)17-21-6-4-5-7-24(21)32(2)38(3,36)37/h4-10,12,14,16,19,28,35H,11,13,15,17-18H2,1-3H3,(H,29,30,31). The third-order valence-corrected chi connectivity index (χ3v) is 8.18. The molecule has 1 unspecified atom stereocenters. The van der Waals surface area contributed by atoms with E-state index in [2.05, 4.69) is 27.4 Å². The van der Waals surface area contributed by atoms with Gasteiger partial charge in [0, 0.05) is 67.4 Å². The SMILES string of the molecule is CC1CNCCN1c1ccc(Nc2ncc3ccn(Cc4ccccc4N(C)S(C)(=O)=O)c3n2)cc1CO. The predicted molar refractivity (Wildman–Crippen MR) is 152 cm³/mol. The van der Waals surface area contributed by atoms with E-state index in [1.165, 1.54) is 10.6 Å². The summed E-state index contributed by atoms with van der Waals surface area (Å²) < 4.78 is 27.6. The van der Waals surface area contributed by atoms with Crippen LogP contribution in [0.2, 0.25) is 0 Å². The highest BCUT2D eigenvalue weighted by molar-refractivity contribution is 7.92. The van der Waals surface area contributed by atoms with Crippen LogP contribution in [0.25, 0.3) is 11.0 Å². The number of piperazine rings is 1. The molecule has 0 spiro atoms.